The number of anilines is 1. The highest BCUT2D eigenvalue weighted by atomic mass is 35.5. The molecule has 4 N–H and O–H groups in total. The van der Waals surface area contributed by atoms with Gasteiger partial charge in [0.25, 0.3) is 0 Å². The van der Waals surface area contributed by atoms with Crippen LogP contribution in [0, 0.1) is 0 Å². The van der Waals surface area contributed by atoms with Gasteiger partial charge in [-0.25, -0.2) is 4.79 Å². The monoisotopic (exact) mass is 387 g/mol. The molecule has 0 radical (unpaired) electrons. The van der Waals surface area contributed by atoms with E-state index in [1.165, 1.54) is 0 Å². The van der Waals surface area contributed by atoms with E-state index in [4.69, 9.17) is 22.1 Å². The van der Waals surface area contributed by atoms with Crippen LogP contribution in [0.25, 0.3) is 0 Å². The smallest absolute Gasteiger partial charge is 0.408 e. The molecule has 1 aromatic carbocycles. The summed E-state index contributed by atoms with van der Waals surface area (Å²) in [5, 5.41) is 5.92. The van der Waals surface area contributed by atoms with Crippen molar-refractivity contribution in [1.82, 2.24) is 10.6 Å². The molecule has 0 unspecified atom stereocenters. The first-order valence-electron chi connectivity index (χ1n) is 7.97. The number of thioether (sulfide) groups is 1. The van der Waals surface area contributed by atoms with Crippen LogP contribution >= 0.6 is 23.4 Å². The third kappa shape index (κ3) is 8.88. The molecule has 2 amide bonds. The average Bonchev–Trinajstić information content (AvgIpc) is 2.46. The van der Waals surface area contributed by atoms with Gasteiger partial charge in [0.1, 0.15) is 11.6 Å². The van der Waals surface area contributed by atoms with Crippen molar-refractivity contribution in [3.63, 3.8) is 0 Å². The first-order valence-corrected chi connectivity index (χ1v) is 9.50. The Morgan fingerprint density at radius 2 is 2.04 bits per heavy atom. The Hall–Kier alpha value is -1.60. The minimum Gasteiger partial charge on any atom is -0.444 e. The second-order valence-corrected chi connectivity index (χ2v) is 8.07. The summed E-state index contributed by atoms with van der Waals surface area (Å²) in [5.74, 6) is 0.993. The van der Waals surface area contributed by atoms with E-state index in [1.54, 1.807) is 45.5 Å². The summed E-state index contributed by atoms with van der Waals surface area (Å²) in [5.41, 5.74) is 6.72. The summed E-state index contributed by atoms with van der Waals surface area (Å²) in [4.78, 5) is 23.6. The predicted octanol–water partition coefficient (Wildman–Crippen LogP) is 3.18. The van der Waals surface area contributed by atoms with E-state index in [1.807, 2.05) is 12.1 Å². The number of aryl methyl sites for hydroxylation is 1. The predicted molar refractivity (Wildman–Crippen MR) is 104 cm³/mol. The van der Waals surface area contributed by atoms with E-state index in [0.717, 1.165) is 17.7 Å². The number of hydrogen-bond acceptors (Lipinski definition) is 5. The van der Waals surface area contributed by atoms with Gasteiger partial charge in [-0.1, -0.05) is 17.7 Å². The van der Waals surface area contributed by atoms with Gasteiger partial charge in [0.2, 0.25) is 5.91 Å². The number of halogens is 1. The maximum absolute atomic E-state index is 11.9. The molecule has 8 heteroatoms. The first-order chi connectivity index (χ1) is 11.6. The highest BCUT2D eigenvalue weighted by Gasteiger charge is 2.20. The van der Waals surface area contributed by atoms with Gasteiger partial charge in [0, 0.05) is 10.7 Å². The van der Waals surface area contributed by atoms with Gasteiger partial charge in [0.15, 0.2) is 0 Å². The molecule has 0 fully saturated rings. The lowest BCUT2D eigenvalue weighted by Gasteiger charge is -2.21. The molecule has 140 valence electrons. The number of alkyl carbamates (subject to hydrolysis) is 1. The Labute approximate surface area is 158 Å². The van der Waals surface area contributed by atoms with Gasteiger partial charge in [-0.05, 0) is 57.6 Å². The van der Waals surface area contributed by atoms with E-state index >= 15 is 0 Å². The molecule has 25 heavy (non-hydrogen) atoms. The van der Waals surface area contributed by atoms with Gasteiger partial charge in [-0.3, -0.25) is 4.79 Å². The zero-order valence-electron chi connectivity index (χ0n) is 15.0. The molecule has 0 heterocycles. The molecule has 0 spiro atoms. The Morgan fingerprint density at radius 1 is 1.36 bits per heavy atom. The summed E-state index contributed by atoms with van der Waals surface area (Å²) in [7, 11) is 0. The van der Waals surface area contributed by atoms with Crippen LogP contribution < -0.4 is 16.4 Å². The highest BCUT2D eigenvalue weighted by Crippen LogP contribution is 2.20. The fourth-order valence-electron chi connectivity index (χ4n) is 1.85. The quantitative estimate of drug-likeness (QED) is 0.379. The van der Waals surface area contributed by atoms with Crippen molar-refractivity contribution in [2.75, 3.05) is 17.4 Å². The van der Waals surface area contributed by atoms with Crippen molar-refractivity contribution < 1.29 is 14.3 Å². The van der Waals surface area contributed by atoms with Crippen LogP contribution in [0.1, 0.15) is 33.3 Å². The lowest BCUT2D eigenvalue weighted by atomic mass is 10.1. The lowest BCUT2D eigenvalue weighted by Crippen LogP contribution is -2.46. The van der Waals surface area contributed by atoms with Crippen molar-refractivity contribution in [1.29, 1.82) is 0 Å². The molecule has 1 rings (SSSR count). The molecule has 0 aromatic heterocycles. The van der Waals surface area contributed by atoms with E-state index < -0.39 is 17.7 Å². The Bertz CT molecular complexity index is 605. The van der Waals surface area contributed by atoms with Crippen LogP contribution in [0.15, 0.2) is 18.2 Å². The second kappa shape index (κ2) is 9.77. The summed E-state index contributed by atoms with van der Waals surface area (Å²) in [6, 6.07) is 4.79. The van der Waals surface area contributed by atoms with Crippen LogP contribution in [0.3, 0.4) is 0 Å². The van der Waals surface area contributed by atoms with Crippen molar-refractivity contribution in [3.8, 4) is 0 Å². The maximum atomic E-state index is 11.9. The Kier molecular flexibility index (Phi) is 8.38. The van der Waals surface area contributed by atoms with Gasteiger partial charge < -0.3 is 21.1 Å². The highest BCUT2D eigenvalue weighted by molar-refractivity contribution is 7.99. The minimum absolute atomic E-state index is 0.260. The topological polar surface area (TPSA) is 93.4 Å². The zero-order valence-corrected chi connectivity index (χ0v) is 16.6. The van der Waals surface area contributed by atoms with Gasteiger partial charge in [0.05, 0.1) is 5.88 Å². The van der Waals surface area contributed by atoms with Crippen LogP contribution in [-0.4, -0.2) is 35.3 Å². The van der Waals surface area contributed by atoms with E-state index in [-0.39, 0.29) is 5.91 Å². The van der Waals surface area contributed by atoms with Crippen molar-refractivity contribution in [2.24, 2.45) is 0 Å². The van der Waals surface area contributed by atoms with Gasteiger partial charge in [-0.15, -0.1) is 11.8 Å². The second-order valence-electron chi connectivity index (χ2n) is 6.56. The van der Waals surface area contributed by atoms with Crippen LogP contribution in [-0.2, 0) is 16.0 Å². The molecule has 1 aromatic rings. The van der Waals surface area contributed by atoms with Gasteiger partial charge in [-0.2, -0.15) is 0 Å². The number of amides is 2. The number of nitrogens with two attached hydrogens (primary N) is 1. The molecule has 0 aliphatic carbocycles. The number of ether oxygens (including phenoxy) is 1. The van der Waals surface area contributed by atoms with E-state index in [0.29, 0.717) is 16.6 Å². The van der Waals surface area contributed by atoms with E-state index in [2.05, 4.69) is 10.6 Å². The number of rotatable bonds is 7. The van der Waals surface area contributed by atoms with Crippen LogP contribution in [0.2, 0.25) is 5.02 Å². The Balaban J connectivity index is 2.24. The molecule has 0 aliphatic rings. The van der Waals surface area contributed by atoms with Crippen molar-refractivity contribution in [3.05, 3.63) is 28.8 Å². The zero-order chi connectivity index (χ0) is 19.0. The van der Waals surface area contributed by atoms with Crippen LogP contribution in [0.4, 0.5) is 10.5 Å². The number of nitrogen functional groups attached to an aromatic ring is 1. The average molecular weight is 388 g/mol. The normalized spacial score (nSPS) is 12.4. The summed E-state index contributed by atoms with van der Waals surface area (Å²) >= 11 is 7.69. The van der Waals surface area contributed by atoms with E-state index in [9.17, 15) is 9.59 Å². The molecular weight excluding hydrogens is 362 g/mol. The number of nitrogens with one attached hydrogen (secondary N) is 2. The van der Waals surface area contributed by atoms with Crippen molar-refractivity contribution >= 4 is 41.1 Å². The lowest BCUT2D eigenvalue weighted by molar-refractivity contribution is -0.122. The largest absolute Gasteiger partial charge is 0.444 e. The molecule has 0 saturated carbocycles. The SMILES string of the molecule is C[C@H](NC(=O)OC(C)(C)C)C(=O)NCSCCc1ccc(N)cc1Cl. The van der Waals surface area contributed by atoms with Gasteiger partial charge >= 0.3 is 6.09 Å². The third-order valence-electron chi connectivity index (χ3n) is 3.07. The summed E-state index contributed by atoms with van der Waals surface area (Å²) < 4.78 is 5.11. The maximum Gasteiger partial charge on any atom is 0.408 e. The summed E-state index contributed by atoms with van der Waals surface area (Å²) in [6.07, 6.45) is 0.173. The first kappa shape index (κ1) is 21.4. The minimum atomic E-state index is -0.665. The number of carbonyl (C=O) groups excluding carboxylic acids is 2. The number of benzene rings is 1. The molecule has 6 nitrogen and oxygen atoms in total. The standard InChI is InChI=1S/C17H26ClN3O3S/c1-11(21-16(23)24-17(2,3)4)15(22)20-10-25-8-7-12-5-6-13(19)9-14(12)18/h5-6,9,11H,7-8,10,19H2,1-4H3,(H,20,22)(H,21,23)/t11-/m0/s1. The van der Waals surface area contributed by atoms with Crippen LogP contribution in [0.5, 0.6) is 0 Å². The molecule has 0 aliphatic heterocycles. The number of hydrogen-bond donors (Lipinski definition) is 3. The molecule has 0 saturated heterocycles. The third-order valence-corrected chi connectivity index (χ3v) is 4.26. The fraction of sp³-hybridized carbons (Fsp3) is 0.529. The Morgan fingerprint density at radius 3 is 2.64 bits per heavy atom. The number of carbonyl (C=O) groups is 2. The molecule has 1 atom stereocenters. The molecule has 0 bridgehead atoms. The van der Waals surface area contributed by atoms with Crippen molar-refractivity contribution in [2.45, 2.75) is 45.8 Å². The molecular formula is C17H26ClN3O3S. The fourth-order valence-corrected chi connectivity index (χ4v) is 2.88. The summed E-state index contributed by atoms with van der Waals surface area (Å²) in [6.45, 7) is 6.90.